The summed E-state index contributed by atoms with van der Waals surface area (Å²) >= 11 is 0. The number of rotatable bonds is 2. The molecule has 0 aromatic heterocycles. The number of hydrogen-bond donors (Lipinski definition) is 0. The van der Waals surface area contributed by atoms with Gasteiger partial charge in [-0.3, -0.25) is 0 Å². The molecule has 0 heterocycles. The summed E-state index contributed by atoms with van der Waals surface area (Å²) in [7, 11) is 0. The Morgan fingerprint density at radius 2 is 2.00 bits per heavy atom. The van der Waals surface area contributed by atoms with E-state index in [9.17, 15) is 0 Å². The van der Waals surface area contributed by atoms with Gasteiger partial charge >= 0.3 is 0 Å². The molecule has 1 aromatic carbocycles. The minimum Gasteiger partial charge on any atom is -0.198 e. The Kier molecular flexibility index (Phi) is 3.30. The first kappa shape index (κ1) is 10.8. The summed E-state index contributed by atoms with van der Waals surface area (Å²) in [4.78, 5) is 0. The van der Waals surface area contributed by atoms with Gasteiger partial charge in [0.2, 0.25) is 0 Å². The highest BCUT2D eigenvalue weighted by Crippen LogP contribution is 2.23. The van der Waals surface area contributed by atoms with Gasteiger partial charge in [-0.2, -0.15) is 5.26 Å². The van der Waals surface area contributed by atoms with Crippen LogP contribution in [0.4, 0.5) is 0 Å². The molecule has 74 valence electrons. The van der Waals surface area contributed by atoms with Crippen molar-refractivity contribution in [2.24, 2.45) is 0 Å². The molecule has 1 heteroatoms. The lowest BCUT2D eigenvalue weighted by molar-refractivity contribution is 0.589. The van der Waals surface area contributed by atoms with Gasteiger partial charge in [-0.1, -0.05) is 45.0 Å². The van der Waals surface area contributed by atoms with Crippen LogP contribution in [-0.2, 0) is 11.8 Å². The van der Waals surface area contributed by atoms with Crippen LogP contribution in [0, 0.1) is 11.3 Å². The maximum absolute atomic E-state index is 8.51. The maximum Gasteiger partial charge on any atom is 0.0625 e. The molecule has 0 spiro atoms. The Bertz CT molecular complexity index is 339. The van der Waals surface area contributed by atoms with Crippen LogP contribution in [-0.4, -0.2) is 0 Å². The highest BCUT2D eigenvalue weighted by atomic mass is 14.2. The lowest BCUT2D eigenvalue weighted by atomic mass is 9.86. The molecule has 0 N–H and O–H groups in total. The molecule has 0 aliphatic rings. The zero-order chi connectivity index (χ0) is 10.6. The van der Waals surface area contributed by atoms with E-state index < -0.39 is 0 Å². The smallest absolute Gasteiger partial charge is 0.0625 e. The quantitative estimate of drug-likeness (QED) is 0.695. The van der Waals surface area contributed by atoms with Crippen LogP contribution in [0.25, 0.3) is 0 Å². The van der Waals surface area contributed by atoms with Crippen LogP contribution >= 0.6 is 0 Å². The summed E-state index contributed by atoms with van der Waals surface area (Å²) in [5.74, 6) is 0. The Balaban J connectivity index is 2.86. The van der Waals surface area contributed by atoms with Gasteiger partial charge in [-0.05, 0) is 23.0 Å². The number of hydrogen-bond acceptors (Lipinski definition) is 1. The third-order valence-electron chi connectivity index (χ3n) is 2.32. The fraction of sp³-hybridized carbons (Fsp3) is 0.462. The molecule has 0 unspecified atom stereocenters. The Morgan fingerprint density at radius 1 is 1.29 bits per heavy atom. The van der Waals surface area contributed by atoms with Gasteiger partial charge in [0.05, 0.1) is 6.07 Å². The monoisotopic (exact) mass is 187 g/mol. The lowest BCUT2D eigenvalue weighted by Gasteiger charge is -2.19. The summed E-state index contributed by atoms with van der Waals surface area (Å²) in [6.07, 6.45) is 1.47. The molecule has 0 radical (unpaired) electrons. The first-order valence-electron chi connectivity index (χ1n) is 5.00. The molecule has 0 atom stereocenters. The van der Waals surface area contributed by atoms with Gasteiger partial charge in [0.15, 0.2) is 0 Å². The molecular weight excluding hydrogens is 170 g/mol. The minimum atomic E-state index is 0.197. The maximum atomic E-state index is 8.51. The molecule has 0 amide bonds. The highest BCUT2D eigenvalue weighted by molar-refractivity contribution is 5.28. The molecule has 0 saturated heterocycles. The van der Waals surface area contributed by atoms with Crippen LogP contribution in [0.5, 0.6) is 0 Å². The molecule has 14 heavy (non-hydrogen) atoms. The Hall–Kier alpha value is -1.29. The van der Waals surface area contributed by atoms with E-state index in [1.54, 1.807) is 0 Å². The van der Waals surface area contributed by atoms with E-state index in [0.717, 1.165) is 6.42 Å². The lowest BCUT2D eigenvalue weighted by Crippen LogP contribution is -2.11. The van der Waals surface area contributed by atoms with Crippen LogP contribution < -0.4 is 0 Å². The standard InChI is InChI=1S/C13H17N/c1-13(2,3)12-8-4-6-11(10-12)7-5-9-14/h4,6,8,10H,5,7H2,1-3H3. The Labute approximate surface area is 86.4 Å². The summed E-state index contributed by atoms with van der Waals surface area (Å²) in [6, 6.07) is 10.7. The third kappa shape index (κ3) is 2.88. The second kappa shape index (κ2) is 4.28. The van der Waals surface area contributed by atoms with Crippen molar-refractivity contribution in [3.05, 3.63) is 35.4 Å². The van der Waals surface area contributed by atoms with Crippen LogP contribution in [0.2, 0.25) is 0 Å². The van der Waals surface area contributed by atoms with Crippen molar-refractivity contribution in [3.63, 3.8) is 0 Å². The van der Waals surface area contributed by atoms with Crippen molar-refractivity contribution in [2.45, 2.75) is 39.0 Å². The normalized spacial score (nSPS) is 11.0. The fourth-order valence-corrected chi connectivity index (χ4v) is 1.39. The van der Waals surface area contributed by atoms with Crippen molar-refractivity contribution < 1.29 is 0 Å². The van der Waals surface area contributed by atoms with E-state index in [1.165, 1.54) is 11.1 Å². The van der Waals surface area contributed by atoms with Gasteiger partial charge in [0, 0.05) is 6.42 Å². The van der Waals surface area contributed by atoms with Crippen molar-refractivity contribution >= 4 is 0 Å². The number of nitrogens with zero attached hydrogens (tertiary/aromatic N) is 1. The van der Waals surface area contributed by atoms with E-state index >= 15 is 0 Å². The first-order chi connectivity index (χ1) is 6.54. The third-order valence-corrected chi connectivity index (χ3v) is 2.32. The highest BCUT2D eigenvalue weighted by Gasteiger charge is 2.13. The van der Waals surface area contributed by atoms with Gasteiger partial charge in [-0.15, -0.1) is 0 Å². The number of aryl methyl sites for hydroxylation is 1. The van der Waals surface area contributed by atoms with Gasteiger partial charge < -0.3 is 0 Å². The predicted octanol–water partition coefficient (Wildman–Crippen LogP) is 3.44. The van der Waals surface area contributed by atoms with Crippen molar-refractivity contribution in [3.8, 4) is 6.07 Å². The molecule has 1 rings (SSSR count). The SMILES string of the molecule is CC(C)(C)c1cccc(CCC#N)c1. The molecule has 0 bridgehead atoms. The average Bonchev–Trinajstić information content (AvgIpc) is 2.14. The zero-order valence-electron chi connectivity index (χ0n) is 9.17. The molecule has 0 saturated carbocycles. The predicted molar refractivity (Wildman–Crippen MR) is 59.1 cm³/mol. The molecule has 0 fully saturated rings. The second-order valence-corrected chi connectivity index (χ2v) is 4.61. The van der Waals surface area contributed by atoms with Crippen LogP contribution in [0.3, 0.4) is 0 Å². The number of nitriles is 1. The minimum absolute atomic E-state index is 0.197. The average molecular weight is 187 g/mol. The van der Waals surface area contributed by atoms with Gasteiger partial charge in [0.1, 0.15) is 0 Å². The van der Waals surface area contributed by atoms with Crippen molar-refractivity contribution in [2.75, 3.05) is 0 Å². The Morgan fingerprint density at radius 3 is 2.57 bits per heavy atom. The molecule has 1 aromatic rings. The summed E-state index contributed by atoms with van der Waals surface area (Å²) in [5, 5.41) is 8.51. The summed E-state index contributed by atoms with van der Waals surface area (Å²) < 4.78 is 0. The summed E-state index contributed by atoms with van der Waals surface area (Å²) in [5.41, 5.74) is 2.80. The second-order valence-electron chi connectivity index (χ2n) is 4.61. The summed E-state index contributed by atoms with van der Waals surface area (Å²) in [6.45, 7) is 6.61. The van der Waals surface area contributed by atoms with Gasteiger partial charge in [-0.25, -0.2) is 0 Å². The molecule has 0 aliphatic heterocycles. The largest absolute Gasteiger partial charge is 0.198 e. The zero-order valence-corrected chi connectivity index (χ0v) is 9.17. The van der Waals surface area contributed by atoms with E-state index in [1.807, 2.05) is 0 Å². The van der Waals surface area contributed by atoms with Crippen molar-refractivity contribution in [1.29, 1.82) is 5.26 Å². The van der Waals surface area contributed by atoms with Crippen LogP contribution in [0.15, 0.2) is 24.3 Å². The molecule has 0 aliphatic carbocycles. The van der Waals surface area contributed by atoms with E-state index in [-0.39, 0.29) is 5.41 Å². The van der Waals surface area contributed by atoms with E-state index in [2.05, 4.69) is 51.1 Å². The van der Waals surface area contributed by atoms with E-state index in [4.69, 9.17) is 5.26 Å². The molecule has 1 nitrogen and oxygen atoms in total. The van der Waals surface area contributed by atoms with Gasteiger partial charge in [0.25, 0.3) is 0 Å². The van der Waals surface area contributed by atoms with Crippen LogP contribution in [0.1, 0.15) is 38.3 Å². The molecular formula is C13H17N. The van der Waals surface area contributed by atoms with E-state index in [0.29, 0.717) is 6.42 Å². The first-order valence-corrected chi connectivity index (χ1v) is 5.00. The fourth-order valence-electron chi connectivity index (χ4n) is 1.39. The number of benzene rings is 1. The topological polar surface area (TPSA) is 23.8 Å². The van der Waals surface area contributed by atoms with Crippen molar-refractivity contribution in [1.82, 2.24) is 0 Å².